The second-order valence-corrected chi connectivity index (χ2v) is 5.54. The molecule has 0 aliphatic heterocycles. The number of nitrogens with one attached hydrogen (secondary N) is 2. The van der Waals surface area contributed by atoms with Gasteiger partial charge in [0.05, 0.1) is 0 Å². The van der Waals surface area contributed by atoms with E-state index in [-0.39, 0.29) is 18.1 Å². The van der Waals surface area contributed by atoms with Crippen LogP contribution in [0.5, 0.6) is 0 Å². The quantitative estimate of drug-likeness (QED) is 0.633. The Labute approximate surface area is 114 Å². The van der Waals surface area contributed by atoms with E-state index in [1.807, 2.05) is 38.1 Å². The number of hydrogen-bond donors (Lipinski definition) is 4. The van der Waals surface area contributed by atoms with Gasteiger partial charge in [-0.1, -0.05) is 26.0 Å². The molecule has 5 heteroatoms. The van der Waals surface area contributed by atoms with Crippen LogP contribution in [0, 0.1) is 5.41 Å². The fourth-order valence-electron chi connectivity index (χ4n) is 1.60. The van der Waals surface area contributed by atoms with Gasteiger partial charge in [0.15, 0.2) is 0 Å². The standard InChI is InChI=1S/C14H23N3O2/c1-10(16-8-14(2,3)9-18)11-4-6-12(7-5-11)17-13(15)19/h4-7,10,16,18H,8-9H2,1-3H3,(H3,15,17,19). The van der Waals surface area contributed by atoms with Gasteiger partial charge in [-0.3, -0.25) is 0 Å². The van der Waals surface area contributed by atoms with Gasteiger partial charge in [0.2, 0.25) is 0 Å². The van der Waals surface area contributed by atoms with Crippen molar-refractivity contribution in [3.8, 4) is 0 Å². The number of primary amides is 1. The fraction of sp³-hybridized carbons (Fsp3) is 0.500. The second kappa shape index (κ2) is 6.54. The molecule has 1 atom stereocenters. The summed E-state index contributed by atoms with van der Waals surface area (Å²) in [4.78, 5) is 10.7. The van der Waals surface area contributed by atoms with Crippen LogP contribution in [0.3, 0.4) is 0 Å². The van der Waals surface area contributed by atoms with Crippen LogP contribution >= 0.6 is 0 Å². The van der Waals surface area contributed by atoms with E-state index in [0.29, 0.717) is 5.69 Å². The molecule has 19 heavy (non-hydrogen) atoms. The maximum atomic E-state index is 10.7. The summed E-state index contributed by atoms with van der Waals surface area (Å²) < 4.78 is 0. The molecule has 2 amide bonds. The third-order valence-electron chi connectivity index (χ3n) is 2.99. The first-order valence-corrected chi connectivity index (χ1v) is 6.35. The summed E-state index contributed by atoms with van der Waals surface area (Å²) in [5, 5.41) is 15.1. The predicted molar refractivity (Wildman–Crippen MR) is 76.9 cm³/mol. The van der Waals surface area contributed by atoms with Gasteiger partial charge in [-0.25, -0.2) is 4.79 Å². The number of carbonyl (C=O) groups is 1. The van der Waals surface area contributed by atoms with Crippen molar-refractivity contribution in [1.82, 2.24) is 5.32 Å². The van der Waals surface area contributed by atoms with Crippen molar-refractivity contribution < 1.29 is 9.90 Å². The lowest BCUT2D eigenvalue weighted by Crippen LogP contribution is -2.33. The van der Waals surface area contributed by atoms with Crippen LogP contribution in [0.25, 0.3) is 0 Å². The second-order valence-electron chi connectivity index (χ2n) is 5.54. The van der Waals surface area contributed by atoms with Crippen LogP contribution in [0.15, 0.2) is 24.3 Å². The highest BCUT2D eigenvalue weighted by atomic mass is 16.3. The molecule has 0 bridgehead atoms. The van der Waals surface area contributed by atoms with Crippen molar-refractivity contribution in [2.45, 2.75) is 26.8 Å². The van der Waals surface area contributed by atoms with Gasteiger partial charge in [0, 0.05) is 30.3 Å². The minimum Gasteiger partial charge on any atom is -0.396 e. The average molecular weight is 265 g/mol. The molecule has 106 valence electrons. The van der Waals surface area contributed by atoms with Gasteiger partial charge in [0.1, 0.15) is 0 Å². The molecule has 5 nitrogen and oxygen atoms in total. The summed E-state index contributed by atoms with van der Waals surface area (Å²) in [6, 6.07) is 7.12. The monoisotopic (exact) mass is 265 g/mol. The van der Waals surface area contributed by atoms with Crippen molar-refractivity contribution >= 4 is 11.7 Å². The summed E-state index contributed by atoms with van der Waals surface area (Å²) in [5.74, 6) is 0. The molecule has 5 N–H and O–H groups in total. The van der Waals surface area contributed by atoms with E-state index in [2.05, 4.69) is 17.6 Å². The summed E-state index contributed by atoms with van der Waals surface area (Å²) in [7, 11) is 0. The molecule has 1 aromatic rings. The highest BCUT2D eigenvalue weighted by Gasteiger charge is 2.17. The molecule has 0 saturated carbocycles. The number of rotatable bonds is 6. The van der Waals surface area contributed by atoms with E-state index < -0.39 is 6.03 Å². The van der Waals surface area contributed by atoms with Gasteiger partial charge in [-0.05, 0) is 24.6 Å². The fourth-order valence-corrected chi connectivity index (χ4v) is 1.60. The zero-order chi connectivity index (χ0) is 14.5. The average Bonchev–Trinajstić information content (AvgIpc) is 2.36. The number of hydrogen-bond acceptors (Lipinski definition) is 3. The van der Waals surface area contributed by atoms with Crippen LogP contribution < -0.4 is 16.4 Å². The van der Waals surface area contributed by atoms with E-state index in [0.717, 1.165) is 12.1 Å². The van der Waals surface area contributed by atoms with Gasteiger partial charge >= 0.3 is 6.03 Å². The van der Waals surface area contributed by atoms with E-state index in [1.165, 1.54) is 0 Å². The highest BCUT2D eigenvalue weighted by Crippen LogP contribution is 2.18. The molecule has 0 aliphatic rings. The lowest BCUT2D eigenvalue weighted by Gasteiger charge is -2.25. The molecule has 0 spiro atoms. The Morgan fingerprint density at radius 3 is 2.42 bits per heavy atom. The molecule has 0 saturated heterocycles. The lowest BCUT2D eigenvalue weighted by molar-refractivity contribution is 0.154. The van der Waals surface area contributed by atoms with Crippen LogP contribution in [0.1, 0.15) is 32.4 Å². The molecule has 0 heterocycles. The minimum absolute atomic E-state index is 0.137. The summed E-state index contributed by atoms with van der Waals surface area (Å²) in [6.45, 7) is 6.95. The van der Waals surface area contributed by atoms with Crippen LogP contribution in [-0.4, -0.2) is 24.3 Å². The number of carbonyl (C=O) groups excluding carboxylic acids is 1. The normalized spacial score (nSPS) is 13.1. The largest absolute Gasteiger partial charge is 0.396 e. The van der Waals surface area contributed by atoms with Crippen molar-refractivity contribution in [3.05, 3.63) is 29.8 Å². The van der Waals surface area contributed by atoms with Crippen LogP contribution in [0.4, 0.5) is 10.5 Å². The topological polar surface area (TPSA) is 87.4 Å². The van der Waals surface area contributed by atoms with Gasteiger partial charge in [-0.15, -0.1) is 0 Å². The molecule has 0 aromatic heterocycles. The molecule has 1 unspecified atom stereocenters. The Bertz CT molecular complexity index is 415. The van der Waals surface area contributed by atoms with E-state index in [9.17, 15) is 9.90 Å². The van der Waals surface area contributed by atoms with Crippen molar-refractivity contribution in [3.63, 3.8) is 0 Å². The van der Waals surface area contributed by atoms with E-state index in [4.69, 9.17) is 5.73 Å². The minimum atomic E-state index is -0.566. The van der Waals surface area contributed by atoms with Gasteiger partial charge in [0.25, 0.3) is 0 Å². The SMILES string of the molecule is CC(NCC(C)(C)CO)c1ccc(NC(N)=O)cc1. The first-order valence-electron chi connectivity index (χ1n) is 6.35. The smallest absolute Gasteiger partial charge is 0.316 e. The summed E-state index contributed by atoms with van der Waals surface area (Å²) in [5.41, 5.74) is 6.70. The van der Waals surface area contributed by atoms with E-state index >= 15 is 0 Å². The lowest BCUT2D eigenvalue weighted by atomic mass is 9.94. The molecule has 0 aliphatic carbocycles. The maximum Gasteiger partial charge on any atom is 0.316 e. The summed E-state index contributed by atoms with van der Waals surface area (Å²) >= 11 is 0. The Hall–Kier alpha value is -1.59. The molecule has 1 aromatic carbocycles. The Balaban J connectivity index is 2.58. The molecular formula is C14H23N3O2. The molecular weight excluding hydrogens is 242 g/mol. The highest BCUT2D eigenvalue weighted by molar-refractivity contribution is 5.87. The van der Waals surface area contributed by atoms with Crippen molar-refractivity contribution in [2.75, 3.05) is 18.5 Å². The van der Waals surface area contributed by atoms with Crippen LogP contribution in [0.2, 0.25) is 0 Å². The number of aliphatic hydroxyl groups is 1. The van der Waals surface area contributed by atoms with Gasteiger partial charge < -0.3 is 21.5 Å². The first kappa shape index (κ1) is 15.5. The third kappa shape index (κ3) is 5.28. The number of nitrogens with two attached hydrogens (primary N) is 1. The van der Waals surface area contributed by atoms with Gasteiger partial charge in [-0.2, -0.15) is 0 Å². The number of urea groups is 1. The number of anilines is 1. The Kier molecular flexibility index (Phi) is 5.32. The first-order chi connectivity index (χ1) is 8.84. The Morgan fingerprint density at radius 2 is 1.95 bits per heavy atom. The Morgan fingerprint density at radius 1 is 1.37 bits per heavy atom. The van der Waals surface area contributed by atoms with Crippen molar-refractivity contribution in [1.29, 1.82) is 0 Å². The maximum absolute atomic E-state index is 10.7. The predicted octanol–water partition coefficient (Wildman–Crippen LogP) is 1.85. The third-order valence-corrected chi connectivity index (χ3v) is 2.99. The zero-order valence-electron chi connectivity index (χ0n) is 11.7. The van der Waals surface area contributed by atoms with Crippen molar-refractivity contribution in [2.24, 2.45) is 11.1 Å². The number of aliphatic hydroxyl groups excluding tert-OH is 1. The number of benzene rings is 1. The molecule has 0 fully saturated rings. The van der Waals surface area contributed by atoms with Crippen LogP contribution in [-0.2, 0) is 0 Å². The zero-order valence-corrected chi connectivity index (χ0v) is 11.7. The molecule has 1 rings (SSSR count). The van der Waals surface area contributed by atoms with E-state index in [1.54, 1.807) is 0 Å². The number of amides is 2. The summed E-state index contributed by atoms with van der Waals surface area (Å²) in [6.07, 6.45) is 0. The molecule has 0 radical (unpaired) electrons.